The van der Waals surface area contributed by atoms with E-state index in [0.717, 1.165) is 18.4 Å². The van der Waals surface area contributed by atoms with Gasteiger partial charge in [-0.3, -0.25) is 9.59 Å². The highest BCUT2D eigenvalue weighted by molar-refractivity contribution is 6.01. The number of aliphatic hydroxyl groups is 2. The largest absolute Gasteiger partial charge is 0.393 e. The fraction of sp³-hybridized carbons (Fsp3) is 0.739. The Morgan fingerprint density at radius 1 is 1.36 bits per heavy atom. The lowest BCUT2D eigenvalue weighted by molar-refractivity contribution is -0.180. The fourth-order valence-corrected chi connectivity index (χ4v) is 7.46. The number of carbonyl (C=O) groups is 2. The van der Waals surface area contributed by atoms with E-state index < -0.39 is 17.1 Å². The molecule has 0 aromatic heterocycles. The molecule has 5 nitrogen and oxygen atoms in total. The number of ether oxygens (including phenoxy) is 1. The third kappa shape index (κ3) is 2.42. The zero-order valence-corrected chi connectivity index (χ0v) is 17.3. The lowest BCUT2D eigenvalue weighted by Gasteiger charge is -2.60. The van der Waals surface area contributed by atoms with Gasteiger partial charge >= 0.3 is 0 Å². The summed E-state index contributed by atoms with van der Waals surface area (Å²) in [7, 11) is 1.47. The molecule has 3 fully saturated rings. The van der Waals surface area contributed by atoms with E-state index in [2.05, 4.69) is 13.8 Å². The summed E-state index contributed by atoms with van der Waals surface area (Å²) in [6.45, 7) is 6.17. The number of aliphatic hydroxyl groups excluding tert-OH is 1. The molecule has 0 aromatic rings. The fourth-order valence-electron chi connectivity index (χ4n) is 7.46. The average Bonchev–Trinajstić information content (AvgIpc) is 2.89. The standard InChI is InChI=1S/C23H32O5/c1-13-9-15-16-6-8-23(27,19(26)12-28-4)22(16,3)11-18(25)20(15)21(2)7-5-14(24)10-17(13)21/h5,7,10,13,15-16,18,20,25,27H,6,8-9,11-12H2,1-4H3/t13-,15?,16-,18-,20+,21?,22?,23-/m0/s1. The first-order chi connectivity index (χ1) is 13.1. The molecule has 4 aliphatic rings. The van der Waals surface area contributed by atoms with Crippen molar-refractivity contribution >= 4 is 11.6 Å². The summed E-state index contributed by atoms with van der Waals surface area (Å²) in [6.07, 6.45) is 7.21. The predicted octanol–water partition coefficient (Wildman–Crippen LogP) is 2.46. The Labute approximate surface area is 166 Å². The van der Waals surface area contributed by atoms with Crippen LogP contribution in [0.5, 0.6) is 0 Å². The van der Waals surface area contributed by atoms with Gasteiger partial charge in [0.2, 0.25) is 0 Å². The summed E-state index contributed by atoms with van der Waals surface area (Å²) < 4.78 is 5.03. The van der Waals surface area contributed by atoms with Gasteiger partial charge in [0.25, 0.3) is 0 Å². The maximum Gasteiger partial charge on any atom is 0.190 e. The van der Waals surface area contributed by atoms with Crippen molar-refractivity contribution in [3.63, 3.8) is 0 Å². The van der Waals surface area contributed by atoms with E-state index in [1.807, 2.05) is 13.0 Å². The average molecular weight is 389 g/mol. The van der Waals surface area contributed by atoms with Crippen LogP contribution in [0.2, 0.25) is 0 Å². The summed E-state index contributed by atoms with van der Waals surface area (Å²) in [5, 5.41) is 22.8. The Bertz CT molecular complexity index is 769. The molecule has 0 aliphatic heterocycles. The molecule has 8 atom stereocenters. The van der Waals surface area contributed by atoms with E-state index in [9.17, 15) is 19.8 Å². The molecule has 0 saturated heterocycles. The summed E-state index contributed by atoms with van der Waals surface area (Å²) in [5.74, 6) is 0.347. The van der Waals surface area contributed by atoms with Crippen molar-refractivity contribution in [1.82, 2.24) is 0 Å². The Hall–Kier alpha value is -1.30. The van der Waals surface area contributed by atoms with Crippen molar-refractivity contribution < 1.29 is 24.5 Å². The second-order valence-corrected chi connectivity index (χ2v) is 10.00. The lowest BCUT2D eigenvalue weighted by atomic mass is 9.45. The van der Waals surface area contributed by atoms with Crippen molar-refractivity contribution in [3.05, 3.63) is 23.8 Å². The summed E-state index contributed by atoms with van der Waals surface area (Å²) >= 11 is 0. The molecule has 0 bridgehead atoms. The Kier molecular flexibility index (Phi) is 4.53. The Morgan fingerprint density at radius 2 is 2.07 bits per heavy atom. The van der Waals surface area contributed by atoms with Crippen LogP contribution in [0.15, 0.2) is 23.8 Å². The molecule has 5 heteroatoms. The molecular formula is C23H32O5. The number of rotatable bonds is 3. The van der Waals surface area contributed by atoms with E-state index in [1.165, 1.54) is 7.11 Å². The molecule has 2 N–H and O–H groups in total. The van der Waals surface area contributed by atoms with Gasteiger partial charge in [-0.05, 0) is 55.6 Å². The van der Waals surface area contributed by atoms with E-state index in [0.29, 0.717) is 12.8 Å². The van der Waals surface area contributed by atoms with E-state index in [-0.39, 0.29) is 47.3 Å². The number of allylic oxidation sites excluding steroid dienone is 4. The van der Waals surface area contributed by atoms with Crippen molar-refractivity contribution in [2.45, 2.75) is 58.2 Å². The third-order valence-corrected chi connectivity index (χ3v) is 8.71. The number of methoxy groups -OCH3 is 1. The van der Waals surface area contributed by atoms with Crippen molar-refractivity contribution in [1.29, 1.82) is 0 Å². The number of hydrogen-bond donors (Lipinski definition) is 2. The Balaban J connectivity index is 1.75. The first kappa shape index (κ1) is 20.0. The topological polar surface area (TPSA) is 83.8 Å². The van der Waals surface area contributed by atoms with Gasteiger partial charge < -0.3 is 14.9 Å². The molecular weight excluding hydrogens is 356 g/mol. The van der Waals surface area contributed by atoms with Crippen LogP contribution in [-0.4, -0.2) is 47.2 Å². The molecule has 4 aliphatic carbocycles. The normalized spacial score (nSPS) is 49.9. The lowest BCUT2D eigenvalue weighted by Crippen LogP contribution is -2.62. The van der Waals surface area contributed by atoms with Gasteiger partial charge in [-0.1, -0.05) is 32.4 Å². The minimum atomic E-state index is -1.45. The predicted molar refractivity (Wildman–Crippen MR) is 104 cm³/mol. The van der Waals surface area contributed by atoms with Crippen molar-refractivity contribution in [2.24, 2.45) is 34.5 Å². The molecule has 3 saturated carbocycles. The third-order valence-electron chi connectivity index (χ3n) is 8.71. The quantitative estimate of drug-likeness (QED) is 0.776. The van der Waals surface area contributed by atoms with E-state index in [1.54, 1.807) is 12.2 Å². The van der Waals surface area contributed by atoms with Gasteiger partial charge in [-0.15, -0.1) is 0 Å². The second kappa shape index (κ2) is 6.35. The van der Waals surface area contributed by atoms with Crippen LogP contribution in [-0.2, 0) is 14.3 Å². The number of Topliss-reactive ketones (excluding diaryl/α,β-unsaturated/α-hetero) is 1. The maximum absolute atomic E-state index is 12.8. The zero-order valence-electron chi connectivity index (χ0n) is 17.3. The van der Waals surface area contributed by atoms with Crippen LogP contribution < -0.4 is 0 Å². The number of carbonyl (C=O) groups excluding carboxylic acids is 2. The summed E-state index contributed by atoms with van der Waals surface area (Å²) in [6, 6.07) is 0. The molecule has 3 unspecified atom stereocenters. The highest BCUT2D eigenvalue weighted by Gasteiger charge is 2.68. The zero-order chi connectivity index (χ0) is 20.5. The molecule has 28 heavy (non-hydrogen) atoms. The van der Waals surface area contributed by atoms with Gasteiger partial charge in [0.15, 0.2) is 11.6 Å². The van der Waals surface area contributed by atoms with Crippen LogP contribution in [0.1, 0.15) is 46.5 Å². The summed E-state index contributed by atoms with van der Waals surface area (Å²) in [4.78, 5) is 24.8. The monoisotopic (exact) mass is 388 g/mol. The number of fused-ring (bicyclic) bond motifs is 5. The van der Waals surface area contributed by atoms with Crippen LogP contribution in [0, 0.1) is 34.5 Å². The molecule has 0 spiro atoms. The van der Waals surface area contributed by atoms with E-state index >= 15 is 0 Å². The van der Waals surface area contributed by atoms with Crippen LogP contribution in [0.25, 0.3) is 0 Å². The summed E-state index contributed by atoms with van der Waals surface area (Å²) in [5.41, 5.74) is -1.34. The first-order valence-electron chi connectivity index (χ1n) is 10.5. The SMILES string of the molecule is COCC(=O)[C@@]1(O)CC[C@H]2C3C[C@H](C)C4=CC(=O)C=CC4(C)[C@H]3[C@@H](O)CC21C. The Morgan fingerprint density at radius 3 is 2.75 bits per heavy atom. The second-order valence-electron chi connectivity index (χ2n) is 10.00. The van der Waals surface area contributed by atoms with Gasteiger partial charge in [-0.2, -0.15) is 0 Å². The molecule has 0 heterocycles. The number of hydrogen-bond acceptors (Lipinski definition) is 5. The molecule has 0 amide bonds. The molecule has 0 aromatic carbocycles. The van der Waals surface area contributed by atoms with Gasteiger partial charge in [0.05, 0.1) is 6.10 Å². The molecule has 4 rings (SSSR count). The van der Waals surface area contributed by atoms with Crippen molar-refractivity contribution in [3.8, 4) is 0 Å². The smallest absolute Gasteiger partial charge is 0.190 e. The van der Waals surface area contributed by atoms with Crippen LogP contribution in [0.4, 0.5) is 0 Å². The van der Waals surface area contributed by atoms with Gasteiger partial charge in [0, 0.05) is 23.9 Å². The molecule has 154 valence electrons. The highest BCUT2D eigenvalue weighted by atomic mass is 16.5. The number of ketones is 2. The van der Waals surface area contributed by atoms with Crippen molar-refractivity contribution in [2.75, 3.05) is 13.7 Å². The van der Waals surface area contributed by atoms with Gasteiger partial charge in [0.1, 0.15) is 12.2 Å². The van der Waals surface area contributed by atoms with Gasteiger partial charge in [-0.25, -0.2) is 0 Å². The van der Waals surface area contributed by atoms with E-state index in [4.69, 9.17) is 4.74 Å². The van der Waals surface area contributed by atoms with Crippen LogP contribution in [0.3, 0.4) is 0 Å². The highest BCUT2D eigenvalue weighted by Crippen LogP contribution is 2.67. The molecule has 0 radical (unpaired) electrons. The first-order valence-corrected chi connectivity index (χ1v) is 10.5. The minimum Gasteiger partial charge on any atom is -0.393 e. The van der Waals surface area contributed by atoms with Crippen LogP contribution >= 0.6 is 0 Å². The minimum absolute atomic E-state index is 0.00254. The maximum atomic E-state index is 12.8.